The molecule has 0 radical (unpaired) electrons. The molecule has 6 heteroatoms. The molecule has 0 aliphatic rings. The standard InChI is InChI=1S/C17H12ClN3OS/c18-14-8-5-12(6-9-14)7-10-16(22)21-17(23)20-15-4-2-1-3-13(15)11-19/h1-10H,(H2,20,21,22,23)/b10-7+. The molecule has 0 saturated heterocycles. The van der Waals surface area contributed by atoms with Crippen molar-refractivity contribution < 1.29 is 4.79 Å². The molecule has 0 fully saturated rings. The van der Waals surface area contributed by atoms with Gasteiger partial charge in [-0.15, -0.1) is 0 Å². The van der Waals surface area contributed by atoms with Crippen LogP contribution in [0.25, 0.3) is 6.08 Å². The van der Waals surface area contributed by atoms with Crippen molar-refractivity contribution in [2.75, 3.05) is 5.32 Å². The molecule has 0 heterocycles. The normalized spacial score (nSPS) is 10.1. The summed E-state index contributed by atoms with van der Waals surface area (Å²) in [6, 6.07) is 16.0. The Balaban J connectivity index is 1.93. The molecule has 2 N–H and O–H groups in total. The number of benzene rings is 2. The lowest BCUT2D eigenvalue weighted by atomic mass is 10.2. The van der Waals surface area contributed by atoms with Gasteiger partial charge in [-0.2, -0.15) is 5.26 Å². The highest BCUT2D eigenvalue weighted by Crippen LogP contribution is 2.13. The smallest absolute Gasteiger partial charge is 0.250 e. The Bertz CT molecular complexity index is 794. The van der Waals surface area contributed by atoms with Crippen molar-refractivity contribution in [2.24, 2.45) is 0 Å². The van der Waals surface area contributed by atoms with Gasteiger partial charge in [0.1, 0.15) is 6.07 Å². The van der Waals surface area contributed by atoms with Crippen molar-refractivity contribution in [2.45, 2.75) is 0 Å². The topological polar surface area (TPSA) is 64.9 Å². The van der Waals surface area contributed by atoms with Crippen molar-refractivity contribution in [1.29, 1.82) is 5.26 Å². The molecule has 0 saturated carbocycles. The van der Waals surface area contributed by atoms with Crippen LogP contribution in [0.2, 0.25) is 5.02 Å². The molecule has 0 aliphatic heterocycles. The molecule has 2 aromatic rings. The second kappa shape index (κ2) is 8.08. The third kappa shape index (κ3) is 5.22. The molecule has 1 amide bonds. The van der Waals surface area contributed by atoms with E-state index in [2.05, 4.69) is 10.6 Å². The number of nitrogens with one attached hydrogen (secondary N) is 2. The van der Waals surface area contributed by atoms with Crippen LogP contribution in [0, 0.1) is 11.3 Å². The van der Waals surface area contributed by atoms with Gasteiger partial charge in [0.15, 0.2) is 5.11 Å². The second-order valence-electron chi connectivity index (χ2n) is 4.49. The minimum Gasteiger partial charge on any atom is -0.331 e. The lowest BCUT2D eigenvalue weighted by Gasteiger charge is -2.09. The predicted octanol–water partition coefficient (Wildman–Crippen LogP) is 3.74. The summed E-state index contributed by atoms with van der Waals surface area (Å²) < 4.78 is 0. The zero-order valence-corrected chi connectivity index (χ0v) is 13.5. The quantitative estimate of drug-likeness (QED) is 0.659. The number of thiocarbonyl (C=S) groups is 1. The zero-order chi connectivity index (χ0) is 16.7. The van der Waals surface area contributed by atoms with Gasteiger partial charge in [0, 0.05) is 11.1 Å². The number of carbonyl (C=O) groups is 1. The first-order chi connectivity index (χ1) is 11.1. The maximum absolute atomic E-state index is 11.8. The van der Waals surface area contributed by atoms with Crippen LogP contribution in [-0.4, -0.2) is 11.0 Å². The lowest BCUT2D eigenvalue weighted by Crippen LogP contribution is -2.33. The minimum absolute atomic E-state index is 0.124. The Kier molecular flexibility index (Phi) is 5.87. The fraction of sp³-hybridized carbons (Fsp3) is 0. The van der Waals surface area contributed by atoms with E-state index in [0.717, 1.165) is 5.56 Å². The van der Waals surface area contributed by atoms with Crippen molar-refractivity contribution >= 4 is 46.6 Å². The molecule has 0 unspecified atom stereocenters. The Morgan fingerprint density at radius 1 is 1.17 bits per heavy atom. The van der Waals surface area contributed by atoms with Crippen LogP contribution in [-0.2, 0) is 4.79 Å². The first-order valence-electron chi connectivity index (χ1n) is 6.63. The summed E-state index contributed by atoms with van der Waals surface area (Å²) >= 11 is 10.9. The van der Waals surface area contributed by atoms with E-state index < -0.39 is 0 Å². The largest absolute Gasteiger partial charge is 0.331 e. The van der Waals surface area contributed by atoms with Crippen LogP contribution < -0.4 is 10.6 Å². The van der Waals surface area contributed by atoms with E-state index >= 15 is 0 Å². The molecule has 0 aromatic heterocycles. The van der Waals surface area contributed by atoms with Crippen molar-refractivity contribution in [3.63, 3.8) is 0 Å². The number of nitrogens with zero attached hydrogens (tertiary/aromatic N) is 1. The molecule has 0 atom stereocenters. The number of para-hydroxylation sites is 1. The van der Waals surface area contributed by atoms with Crippen LogP contribution in [0.3, 0.4) is 0 Å². The second-order valence-corrected chi connectivity index (χ2v) is 5.33. The van der Waals surface area contributed by atoms with E-state index in [4.69, 9.17) is 29.1 Å². The summed E-state index contributed by atoms with van der Waals surface area (Å²) in [6.45, 7) is 0. The third-order valence-corrected chi connectivity index (χ3v) is 3.29. The first kappa shape index (κ1) is 16.7. The summed E-state index contributed by atoms with van der Waals surface area (Å²) in [5, 5.41) is 15.1. The molecule has 23 heavy (non-hydrogen) atoms. The van der Waals surface area contributed by atoms with E-state index in [1.54, 1.807) is 54.6 Å². The number of hydrogen-bond acceptors (Lipinski definition) is 3. The van der Waals surface area contributed by atoms with Gasteiger partial charge in [-0.3, -0.25) is 10.1 Å². The highest BCUT2D eigenvalue weighted by molar-refractivity contribution is 7.80. The number of halogens is 1. The summed E-state index contributed by atoms with van der Waals surface area (Å²) in [7, 11) is 0. The average Bonchev–Trinajstić information content (AvgIpc) is 2.54. The highest BCUT2D eigenvalue weighted by Gasteiger charge is 2.05. The molecule has 0 bridgehead atoms. The van der Waals surface area contributed by atoms with Gasteiger partial charge in [0.05, 0.1) is 11.3 Å². The van der Waals surface area contributed by atoms with Gasteiger partial charge in [-0.1, -0.05) is 35.9 Å². The Hall–Kier alpha value is -2.68. The highest BCUT2D eigenvalue weighted by atomic mass is 35.5. The van der Waals surface area contributed by atoms with Crippen LogP contribution in [0.4, 0.5) is 5.69 Å². The molecule has 4 nitrogen and oxygen atoms in total. The average molecular weight is 342 g/mol. The van der Waals surface area contributed by atoms with Gasteiger partial charge in [-0.25, -0.2) is 0 Å². The number of carbonyl (C=O) groups excluding carboxylic acids is 1. The van der Waals surface area contributed by atoms with Crippen LogP contribution >= 0.6 is 23.8 Å². The van der Waals surface area contributed by atoms with E-state index in [1.807, 2.05) is 6.07 Å². The number of rotatable bonds is 3. The maximum atomic E-state index is 11.8. The van der Waals surface area contributed by atoms with E-state index in [1.165, 1.54) is 6.08 Å². The van der Waals surface area contributed by atoms with E-state index in [0.29, 0.717) is 16.3 Å². The van der Waals surface area contributed by atoms with Gasteiger partial charge in [0.2, 0.25) is 5.91 Å². The van der Waals surface area contributed by atoms with Crippen molar-refractivity contribution in [3.8, 4) is 6.07 Å². The van der Waals surface area contributed by atoms with E-state index in [-0.39, 0.29) is 11.0 Å². The predicted molar refractivity (Wildman–Crippen MR) is 96.0 cm³/mol. The fourth-order valence-corrected chi connectivity index (χ4v) is 2.08. The van der Waals surface area contributed by atoms with Crippen molar-refractivity contribution in [1.82, 2.24) is 5.32 Å². The summed E-state index contributed by atoms with van der Waals surface area (Å²) in [4.78, 5) is 11.8. The van der Waals surface area contributed by atoms with Crippen LogP contribution in [0.1, 0.15) is 11.1 Å². The summed E-state index contributed by atoms with van der Waals surface area (Å²) in [5.74, 6) is -0.369. The molecule has 2 aromatic carbocycles. The number of anilines is 1. The van der Waals surface area contributed by atoms with E-state index in [9.17, 15) is 4.79 Å². The monoisotopic (exact) mass is 341 g/mol. The molecular formula is C17H12ClN3OS. The van der Waals surface area contributed by atoms with Crippen LogP contribution in [0.15, 0.2) is 54.6 Å². The summed E-state index contributed by atoms with van der Waals surface area (Å²) in [6.07, 6.45) is 3.02. The minimum atomic E-state index is -0.369. The Morgan fingerprint density at radius 2 is 1.87 bits per heavy atom. The van der Waals surface area contributed by atoms with Crippen LogP contribution in [0.5, 0.6) is 0 Å². The molecule has 2 rings (SSSR count). The molecule has 114 valence electrons. The Morgan fingerprint density at radius 3 is 2.57 bits per heavy atom. The lowest BCUT2D eigenvalue weighted by molar-refractivity contribution is -0.115. The number of nitriles is 1. The first-order valence-corrected chi connectivity index (χ1v) is 7.42. The molecular weight excluding hydrogens is 330 g/mol. The SMILES string of the molecule is N#Cc1ccccc1NC(=S)NC(=O)/C=C/c1ccc(Cl)cc1. The maximum Gasteiger partial charge on any atom is 0.250 e. The molecule has 0 spiro atoms. The van der Waals surface area contributed by atoms with Gasteiger partial charge in [-0.05, 0) is 48.1 Å². The van der Waals surface area contributed by atoms with Gasteiger partial charge < -0.3 is 5.32 Å². The van der Waals surface area contributed by atoms with Crippen molar-refractivity contribution in [3.05, 3.63) is 70.8 Å². The summed E-state index contributed by atoms with van der Waals surface area (Å²) in [5.41, 5.74) is 1.83. The number of hydrogen-bond donors (Lipinski definition) is 2. The van der Waals surface area contributed by atoms with Gasteiger partial charge >= 0.3 is 0 Å². The fourth-order valence-electron chi connectivity index (χ4n) is 1.74. The van der Waals surface area contributed by atoms with Gasteiger partial charge in [0.25, 0.3) is 0 Å². The Labute approximate surface area is 144 Å². The molecule has 0 aliphatic carbocycles. The zero-order valence-electron chi connectivity index (χ0n) is 11.9. The number of amides is 1. The third-order valence-electron chi connectivity index (χ3n) is 2.83.